The molecule has 1 aliphatic carbocycles. The molecule has 110 valence electrons. The van der Waals surface area contributed by atoms with E-state index >= 15 is 0 Å². The third-order valence-corrected chi connectivity index (χ3v) is 4.83. The quantitative estimate of drug-likeness (QED) is 0.881. The lowest BCUT2D eigenvalue weighted by molar-refractivity contribution is 0.191. The molecule has 0 bridgehead atoms. The van der Waals surface area contributed by atoms with Crippen LogP contribution in [0.4, 0.5) is 4.39 Å². The molecular weight excluding hydrogens is 319 g/mol. The van der Waals surface area contributed by atoms with Crippen molar-refractivity contribution in [1.82, 2.24) is 10.2 Å². The molecule has 1 saturated heterocycles. The van der Waals surface area contributed by atoms with Crippen LogP contribution >= 0.6 is 15.9 Å². The fraction of sp³-hybridized carbons (Fsp3) is 0.625. The highest BCUT2D eigenvalue weighted by Gasteiger charge is 2.31. The summed E-state index contributed by atoms with van der Waals surface area (Å²) < 4.78 is 14.9. The van der Waals surface area contributed by atoms with Gasteiger partial charge in [-0.1, -0.05) is 15.9 Å². The molecule has 1 unspecified atom stereocenters. The molecule has 20 heavy (non-hydrogen) atoms. The fourth-order valence-corrected chi connectivity index (χ4v) is 3.49. The van der Waals surface area contributed by atoms with Crippen LogP contribution in [0.2, 0.25) is 0 Å². The van der Waals surface area contributed by atoms with Crippen LogP contribution in [0.15, 0.2) is 22.7 Å². The van der Waals surface area contributed by atoms with Crippen molar-refractivity contribution in [1.29, 1.82) is 0 Å². The molecule has 1 aromatic carbocycles. The minimum absolute atomic E-state index is 0.0828. The smallest absolute Gasteiger partial charge is 0.127 e. The van der Waals surface area contributed by atoms with Crippen LogP contribution in [0.25, 0.3) is 0 Å². The topological polar surface area (TPSA) is 15.3 Å². The van der Waals surface area contributed by atoms with E-state index in [0.717, 1.165) is 42.1 Å². The van der Waals surface area contributed by atoms with Crippen molar-refractivity contribution in [3.63, 3.8) is 0 Å². The van der Waals surface area contributed by atoms with E-state index in [1.807, 2.05) is 6.07 Å². The lowest BCUT2D eigenvalue weighted by Gasteiger charge is -2.30. The third-order valence-electron chi connectivity index (χ3n) is 4.34. The Kier molecular flexibility index (Phi) is 4.74. The van der Waals surface area contributed by atoms with Gasteiger partial charge in [-0.05, 0) is 62.9 Å². The maximum absolute atomic E-state index is 13.9. The van der Waals surface area contributed by atoms with Crippen LogP contribution in [-0.4, -0.2) is 30.6 Å². The second kappa shape index (κ2) is 6.54. The molecule has 1 heterocycles. The molecule has 2 fully saturated rings. The van der Waals surface area contributed by atoms with E-state index < -0.39 is 0 Å². The molecule has 1 aliphatic heterocycles. The summed E-state index contributed by atoms with van der Waals surface area (Å²) in [5.41, 5.74) is 0.815. The number of nitrogens with one attached hydrogen (secondary N) is 1. The molecule has 0 spiro atoms. The Morgan fingerprint density at radius 1 is 1.30 bits per heavy atom. The van der Waals surface area contributed by atoms with Crippen molar-refractivity contribution >= 4 is 15.9 Å². The van der Waals surface area contributed by atoms with Gasteiger partial charge < -0.3 is 5.32 Å². The number of benzene rings is 1. The standard InChI is InChI=1S/C16H22BrFN2/c17-14-3-6-16(18)13(8-14)11-20(15-4-5-15)10-12-2-1-7-19-9-12/h3,6,8,12,15,19H,1-2,4-5,7,9-11H2. The minimum Gasteiger partial charge on any atom is -0.316 e. The van der Waals surface area contributed by atoms with Crippen LogP contribution in [0.1, 0.15) is 31.2 Å². The molecule has 2 aliphatic rings. The number of hydrogen-bond acceptors (Lipinski definition) is 2. The molecule has 0 amide bonds. The first-order valence-corrected chi connectivity index (χ1v) is 8.40. The van der Waals surface area contributed by atoms with E-state index in [4.69, 9.17) is 0 Å². The number of rotatable bonds is 5. The van der Waals surface area contributed by atoms with Gasteiger partial charge in [-0.3, -0.25) is 4.90 Å². The summed E-state index contributed by atoms with van der Waals surface area (Å²) in [6, 6.07) is 5.93. The van der Waals surface area contributed by atoms with Crippen molar-refractivity contribution < 1.29 is 4.39 Å². The Morgan fingerprint density at radius 2 is 2.15 bits per heavy atom. The first-order chi connectivity index (χ1) is 9.72. The maximum atomic E-state index is 13.9. The molecule has 1 saturated carbocycles. The van der Waals surface area contributed by atoms with Gasteiger partial charge in [-0.15, -0.1) is 0 Å². The van der Waals surface area contributed by atoms with Gasteiger partial charge in [0.05, 0.1) is 0 Å². The summed E-state index contributed by atoms with van der Waals surface area (Å²) in [7, 11) is 0. The molecule has 2 nitrogen and oxygen atoms in total. The van der Waals surface area contributed by atoms with Gasteiger partial charge in [0.15, 0.2) is 0 Å². The van der Waals surface area contributed by atoms with Gasteiger partial charge in [0.25, 0.3) is 0 Å². The number of piperidine rings is 1. The number of halogens is 2. The monoisotopic (exact) mass is 340 g/mol. The van der Waals surface area contributed by atoms with Gasteiger partial charge in [0.2, 0.25) is 0 Å². The zero-order valence-corrected chi connectivity index (χ0v) is 13.3. The lowest BCUT2D eigenvalue weighted by Crippen LogP contribution is -2.39. The highest BCUT2D eigenvalue weighted by atomic mass is 79.9. The summed E-state index contributed by atoms with van der Waals surface area (Å²) in [4.78, 5) is 2.49. The van der Waals surface area contributed by atoms with Gasteiger partial charge in [-0.25, -0.2) is 4.39 Å². The molecule has 1 atom stereocenters. The zero-order chi connectivity index (χ0) is 13.9. The Labute approximate surface area is 128 Å². The van der Waals surface area contributed by atoms with Crippen molar-refractivity contribution in [2.24, 2.45) is 5.92 Å². The van der Waals surface area contributed by atoms with Gasteiger partial charge in [-0.2, -0.15) is 0 Å². The first kappa shape index (κ1) is 14.5. The zero-order valence-electron chi connectivity index (χ0n) is 11.7. The van der Waals surface area contributed by atoms with Crippen LogP contribution in [0.5, 0.6) is 0 Å². The minimum atomic E-state index is -0.0828. The van der Waals surface area contributed by atoms with E-state index in [1.54, 1.807) is 12.1 Å². The van der Waals surface area contributed by atoms with Gasteiger partial charge >= 0.3 is 0 Å². The summed E-state index contributed by atoms with van der Waals surface area (Å²) in [5.74, 6) is 0.639. The van der Waals surface area contributed by atoms with Gasteiger partial charge in [0.1, 0.15) is 5.82 Å². The summed E-state index contributed by atoms with van der Waals surface area (Å²) in [6.07, 6.45) is 5.12. The predicted molar refractivity (Wildman–Crippen MR) is 83.1 cm³/mol. The van der Waals surface area contributed by atoms with E-state index in [2.05, 4.69) is 26.1 Å². The Morgan fingerprint density at radius 3 is 2.85 bits per heavy atom. The van der Waals surface area contributed by atoms with E-state index in [9.17, 15) is 4.39 Å². The first-order valence-electron chi connectivity index (χ1n) is 7.61. The van der Waals surface area contributed by atoms with Crippen molar-refractivity contribution in [2.45, 2.75) is 38.3 Å². The van der Waals surface area contributed by atoms with Crippen molar-refractivity contribution in [3.8, 4) is 0 Å². The Balaban J connectivity index is 1.66. The predicted octanol–water partition coefficient (Wildman–Crippen LogP) is 3.55. The van der Waals surface area contributed by atoms with Crippen molar-refractivity contribution in [2.75, 3.05) is 19.6 Å². The summed E-state index contributed by atoms with van der Waals surface area (Å²) in [5, 5.41) is 3.48. The SMILES string of the molecule is Fc1ccc(Br)cc1CN(CC1CCCNC1)C1CC1. The maximum Gasteiger partial charge on any atom is 0.127 e. The van der Waals surface area contributed by atoms with Crippen LogP contribution in [-0.2, 0) is 6.54 Å². The van der Waals surface area contributed by atoms with E-state index in [0.29, 0.717) is 6.04 Å². The van der Waals surface area contributed by atoms with E-state index in [-0.39, 0.29) is 5.82 Å². The summed E-state index contributed by atoms with van der Waals surface area (Å²) in [6.45, 7) is 4.11. The van der Waals surface area contributed by atoms with Crippen molar-refractivity contribution in [3.05, 3.63) is 34.1 Å². The molecule has 4 heteroatoms. The molecule has 0 aromatic heterocycles. The number of hydrogen-bond donors (Lipinski definition) is 1. The number of nitrogens with zero attached hydrogens (tertiary/aromatic N) is 1. The van der Waals surface area contributed by atoms with E-state index in [1.165, 1.54) is 25.7 Å². The normalized spacial score (nSPS) is 23.2. The Bertz CT molecular complexity index is 456. The third kappa shape index (κ3) is 3.80. The highest BCUT2D eigenvalue weighted by molar-refractivity contribution is 9.10. The average Bonchev–Trinajstić information content (AvgIpc) is 3.28. The molecule has 1 aromatic rings. The van der Waals surface area contributed by atoms with Gasteiger partial charge in [0, 0.05) is 29.2 Å². The average molecular weight is 341 g/mol. The molecular formula is C16H22BrFN2. The molecule has 1 N–H and O–H groups in total. The Hall–Kier alpha value is -0.450. The fourth-order valence-electron chi connectivity index (χ4n) is 3.08. The second-order valence-corrected chi connectivity index (χ2v) is 7.02. The molecule has 3 rings (SSSR count). The molecule has 0 radical (unpaired) electrons. The summed E-state index contributed by atoms with van der Waals surface area (Å²) >= 11 is 3.44. The highest BCUT2D eigenvalue weighted by Crippen LogP contribution is 2.30. The van der Waals surface area contributed by atoms with Crippen LogP contribution in [0, 0.1) is 11.7 Å². The van der Waals surface area contributed by atoms with Crippen LogP contribution in [0.3, 0.4) is 0 Å². The van der Waals surface area contributed by atoms with Crippen LogP contribution < -0.4 is 5.32 Å². The largest absolute Gasteiger partial charge is 0.316 e. The second-order valence-electron chi connectivity index (χ2n) is 6.11. The lowest BCUT2D eigenvalue weighted by atomic mass is 9.98.